The number of oxazole rings is 1. The molecule has 0 fully saturated rings. The van der Waals surface area contributed by atoms with Gasteiger partial charge in [0.15, 0.2) is 11.4 Å². The second-order valence-electron chi connectivity index (χ2n) is 2.48. The Balaban J connectivity index is 2.75. The molecule has 0 unspecified atom stereocenters. The molecular weight excluding hydrogens is 200 g/mol. The summed E-state index contributed by atoms with van der Waals surface area (Å²) in [5, 5.41) is 0. The van der Waals surface area contributed by atoms with Gasteiger partial charge in [0.05, 0.1) is 5.88 Å². The summed E-state index contributed by atoms with van der Waals surface area (Å²) in [6.45, 7) is 0. The van der Waals surface area contributed by atoms with E-state index in [2.05, 4.69) is 4.98 Å². The van der Waals surface area contributed by atoms with Gasteiger partial charge in [-0.25, -0.2) is 13.8 Å². The molecule has 5 heteroatoms. The van der Waals surface area contributed by atoms with Crippen molar-refractivity contribution >= 4 is 22.7 Å². The van der Waals surface area contributed by atoms with Crippen molar-refractivity contribution in [3.05, 3.63) is 29.7 Å². The maximum Gasteiger partial charge on any atom is 0.210 e. The number of hydrogen-bond donors (Lipinski definition) is 0. The highest BCUT2D eigenvalue weighted by molar-refractivity contribution is 6.16. The van der Waals surface area contributed by atoms with E-state index in [9.17, 15) is 8.78 Å². The zero-order chi connectivity index (χ0) is 9.42. The summed E-state index contributed by atoms with van der Waals surface area (Å²) in [5.74, 6) is -1.23. The average molecular weight is 204 g/mol. The first kappa shape index (κ1) is 8.44. The molecule has 0 bridgehead atoms. The van der Waals surface area contributed by atoms with Crippen LogP contribution in [0.5, 0.6) is 0 Å². The summed E-state index contributed by atoms with van der Waals surface area (Å²) < 4.78 is 30.6. The molecule has 2 aromatic rings. The molecule has 0 saturated heterocycles. The van der Waals surface area contributed by atoms with Crippen LogP contribution in [0.2, 0.25) is 0 Å². The van der Waals surface area contributed by atoms with Gasteiger partial charge in [0.1, 0.15) is 11.3 Å². The zero-order valence-electron chi connectivity index (χ0n) is 6.35. The average Bonchev–Trinajstić information content (AvgIpc) is 2.47. The summed E-state index contributed by atoms with van der Waals surface area (Å²) in [5.41, 5.74) is 0.0881. The number of fused-ring (bicyclic) bond motifs is 1. The number of benzene rings is 1. The lowest BCUT2D eigenvalue weighted by Gasteiger charge is -1.89. The molecule has 0 aliphatic rings. The van der Waals surface area contributed by atoms with E-state index in [0.717, 1.165) is 12.1 Å². The van der Waals surface area contributed by atoms with Gasteiger partial charge in [-0.3, -0.25) is 0 Å². The van der Waals surface area contributed by atoms with E-state index in [0.29, 0.717) is 0 Å². The number of aromatic nitrogens is 1. The Kier molecular flexibility index (Phi) is 1.92. The highest BCUT2D eigenvalue weighted by atomic mass is 35.5. The molecule has 0 N–H and O–H groups in total. The fourth-order valence-electron chi connectivity index (χ4n) is 1.06. The van der Waals surface area contributed by atoms with Gasteiger partial charge in [0.25, 0.3) is 0 Å². The normalized spacial score (nSPS) is 11.0. The molecular formula is C8H4ClF2NO. The monoisotopic (exact) mass is 203 g/mol. The van der Waals surface area contributed by atoms with E-state index in [-0.39, 0.29) is 22.9 Å². The van der Waals surface area contributed by atoms with E-state index >= 15 is 0 Å². The van der Waals surface area contributed by atoms with Gasteiger partial charge in [-0.05, 0) is 0 Å². The Morgan fingerprint density at radius 3 is 2.85 bits per heavy atom. The van der Waals surface area contributed by atoms with Crippen molar-refractivity contribution in [2.45, 2.75) is 5.88 Å². The van der Waals surface area contributed by atoms with Crippen LogP contribution in [0.4, 0.5) is 8.78 Å². The van der Waals surface area contributed by atoms with Crippen LogP contribution in [0.1, 0.15) is 5.89 Å². The third-order valence-corrected chi connectivity index (χ3v) is 1.80. The molecule has 68 valence electrons. The topological polar surface area (TPSA) is 26.0 Å². The van der Waals surface area contributed by atoms with Gasteiger partial charge in [-0.2, -0.15) is 0 Å². The molecule has 0 aliphatic carbocycles. The van der Waals surface area contributed by atoms with Gasteiger partial charge in [0, 0.05) is 12.1 Å². The minimum Gasteiger partial charge on any atom is -0.436 e. The van der Waals surface area contributed by atoms with Gasteiger partial charge in [0.2, 0.25) is 5.89 Å². The molecule has 2 rings (SSSR count). The van der Waals surface area contributed by atoms with Crippen LogP contribution >= 0.6 is 11.6 Å². The number of nitrogens with zero attached hydrogens (tertiary/aromatic N) is 1. The van der Waals surface area contributed by atoms with Crippen molar-refractivity contribution < 1.29 is 13.2 Å². The van der Waals surface area contributed by atoms with Crippen LogP contribution < -0.4 is 0 Å². The summed E-state index contributed by atoms with van der Waals surface area (Å²) >= 11 is 5.42. The lowest BCUT2D eigenvalue weighted by molar-refractivity contribution is 0.518. The van der Waals surface area contributed by atoms with Crippen LogP contribution in [-0.4, -0.2) is 4.98 Å². The first-order valence-electron chi connectivity index (χ1n) is 3.51. The molecule has 13 heavy (non-hydrogen) atoms. The molecule has 0 spiro atoms. The summed E-state index contributed by atoms with van der Waals surface area (Å²) in [4.78, 5) is 3.77. The Hall–Kier alpha value is -1.16. The summed E-state index contributed by atoms with van der Waals surface area (Å²) in [6, 6.07) is 1.84. The number of rotatable bonds is 1. The zero-order valence-corrected chi connectivity index (χ0v) is 7.11. The highest BCUT2D eigenvalue weighted by Gasteiger charge is 2.11. The standard InChI is InChI=1S/C8H4ClF2NO/c9-3-7-12-6-2-4(10)1-5(11)8(6)13-7/h1-2H,3H2. The molecule has 1 aromatic heterocycles. The second kappa shape index (κ2) is 2.96. The summed E-state index contributed by atoms with van der Waals surface area (Å²) in [6.07, 6.45) is 0. The summed E-state index contributed by atoms with van der Waals surface area (Å²) in [7, 11) is 0. The van der Waals surface area contributed by atoms with E-state index in [1.165, 1.54) is 0 Å². The third kappa shape index (κ3) is 1.37. The molecule has 0 atom stereocenters. The lowest BCUT2D eigenvalue weighted by atomic mass is 10.3. The quantitative estimate of drug-likeness (QED) is 0.666. The first-order valence-corrected chi connectivity index (χ1v) is 4.04. The van der Waals surface area contributed by atoms with Gasteiger partial charge in [-0.15, -0.1) is 11.6 Å². The van der Waals surface area contributed by atoms with Crippen LogP contribution in [-0.2, 0) is 5.88 Å². The molecule has 0 aliphatic heterocycles. The van der Waals surface area contributed by atoms with Crippen molar-refractivity contribution in [2.75, 3.05) is 0 Å². The number of hydrogen-bond acceptors (Lipinski definition) is 2. The predicted octanol–water partition coefficient (Wildman–Crippen LogP) is 2.84. The molecule has 2 nitrogen and oxygen atoms in total. The van der Waals surface area contributed by atoms with Crippen molar-refractivity contribution in [3.8, 4) is 0 Å². The van der Waals surface area contributed by atoms with Crippen LogP contribution in [0, 0.1) is 11.6 Å². The highest BCUT2D eigenvalue weighted by Crippen LogP contribution is 2.21. The van der Waals surface area contributed by atoms with Crippen molar-refractivity contribution in [3.63, 3.8) is 0 Å². The molecule has 1 aromatic carbocycles. The molecule has 0 saturated carbocycles. The Labute approximate surface area is 77.1 Å². The lowest BCUT2D eigenvalue weighted by Crippen LogP contribution is -1.79. The van der Waals surface area contributed by atoms with Crippen molar-refractivity contribution in [2.24, 2.45) is 0 Å². The molecule has 0 amide bonds. The maximum atomic E-state index is 13.0. The van der Waals surface area contributed by atoms with Crippen molar-refractivity contribution in [1.82, 2.24) is 4.98 Å². The maximum absolute atomic E-state index is 13.0. The fourth-order valence-corrected chi connectivity index (χ4v) is 1.18. The molecule has 0 radical (unpaired) electrons. The van der Waals surface area contributed by atoms with Gasteiger partial charge >= 0.3 is 0 Å². The van der Waals surface area contributed by atoms with Gasteiger partial charge < -0.3 is 4.42 Å². The third-order valence-electron chi connectivity index (χ3n) is 1.57. The van der Waals surface area contributed by atoms with E-state index in [1.807, 2.05) is 0 Å². The van der Waals surface area contributed by atoms with E-state index in [1.54, 1.807) is 0 Å². The Bertz CT molecular complexity index is 455. The first-order chi connectivity index (χ1) is 6.20. The Morgan fingerprint density at radius 2 is 2.15 bits per heavy atom. The Morgan fingerprint density at radius 1 is 1.38 bits per heavy atom. The SMILES string of the molecule is Fc1cc(F)c2oc(CCl)nc2c1. The smallest absolute Gasteiger partial charge is 0.210 e. The largest absolute Gasteiger partial charge is 0.436 e. The second-order valence-corrected chi connectivity index (χ2v) is 2.74. The fraction of sp³-hybridized carbons (Fsp3) is 0.125. The van der Waals surface area contributed by atoms with Gasteiger partial charge in [-0.1, -0.05) is 0 Å². The van der Waals surface area contributed by atoms with Crippen LogP contribution in [0.25, 0.3) is 11.1 Å². The van der Waals surface area contributed by atoms with Crippen LogP contribution in [0.3, 0.4) is 0 Å². The van der Waals surface area contributed by atoms with Crippen LogP contribution in [0.15, 0.2) is 16.5 Å². The van der Waals surface area contributed by atoms with Crippen molar-refractivity contribution in [1.29, 1.82) is 0 Å². The number of halogens is 3. The van der Waals surface area contributed by atoms with E-state index in [4.69, 9.17) is 16.0 Å². The predicted molar refractivity (Wildman–Crippen MR) is 43.5 cm³/mol. The van der Waals surface area contributed by atoms with E-state index < -0.39 is 11.6 Å². The minimum atomic E-state index is -0.765. The minimum absolute atomic E-state index is 0.0374. The molecule has 1 heterocycles. The number of alkyl halides is 1.